The molecule has 0 fully saturated rings. The second-order valence-corrected chi connectivity index (χ2v) is 4.99. The lowest BCUT2D eigenvalue weighted by atomic mass is 10.2. The Hall–Kier alpha value is -0.910. The lowest BCUT2D eigenvalue weighted by molar-refractivity contribution is 0.278. The van der Waals surface area contributed by atoms with Gasteiger partial charge in [-0.25, -0.2) is 9.37 Å². The number of aliphatic hydroxyl groups excluding tert-OH is 1. The highest BCUT2D eigenvalue weighted by atomic mass is 32.2. The van der Waals surface area contributed by atoms with Crippen LogP contribution in [0.2, 0.25) is 0 Å². The third-order valence-electron chi connectivity index (χ3n) is 1.80. The number of benzene rings is 1. The summed E-state index contributed by atoms with van der Waals surface area (Å²) in [6.45, 7) is -0.161. The Bertz CT molecular complexity index is 445. The van der Waals surface area contributed by atoms with Gasteiger partial charge in [0.1, 0.15) is 5.82 Å². The third kappa shape index (κ3) is 2.56. The van der Waals surface area contributed by atoms with Crippen LogP contribution in [0.15, 0.2) is 39.0 Å². The molecule has 1 N–H and O–H groups in total. The minimum atomic E-state index is -0.331. The Balaban J connectivity index is 2.28. The van der Waals surface area contributed by atoms with Crippen LogP contribution in [0.5, 0.6) is 0 Å². The van der Waals surface area contributed by atoms with Crippen molar-refractivity contribution in [3.05, 3.63) is 41.2 Å². The van der Waals surface area contributed by atoms with Gasteiger partial charge in [0.15, 0.2) is 4.34 Å². The number of hydrogen-bond acceptors (Lipinski definition) is 4. The van der Waals surface area contributed by atoms with Gasteiger partial charge in [0, 0.05) is 16.5 Å². The molecule has 5 heteroatoms. The second kappa shape index (κ2) is 4.74. The maximum absolute atomic E-state index is 12.9. The third-order valence-corrected chi connectivity index (χ3v) is 3.80. The largest absolute Gasteiger partial charge is 0.392 e. The van der Waals surface area contributed by atoms with Crippen LogP contribution in [-0.2, 0) is 6.61 Å². The fourth-order valence-corrected chi connectivity index (χ4v) is 2.81. The van der Waals surface area contributed by atoms with Gasteiger partial charge in [0.25, 0.3) is 0 Å². The topological polar surface area (TPSA) is 33.1 Å². The van der Waals surface area contributed by atoms with E-state index in [4.69, 9.17) is 5.11 Å². The summed E-state index contributed by atoms with van der Waals surface area (Å²) >= 11 is 2.95. The molecule has 0 spiro atoms. The minimum Gasteiger partial charge on any atom is -0.392 e. The molecule has 0 atom stereocenters. The highest BCUT2D eigenvalue weighted by Gasteiger charge is 2.06. The Morgan fingerprint density at radius 1 is 1.47 bits per heavy atom. The van der Waals surface area contributed by atoms with Crippen molar-refractivity contribution >= 4 is 23.1 Å². The summed E-state index contributed by atoms with van der Waals surface area (Å²) in [5, 5.41) is 11.0. The molecule has 1 aromatic heterocycles. The van der Waals surface area contributed by atoms with Crippen molar-refractivity contribution in [3.8, 4) is 0 Å². The van der Waals surface area contributed by atoms with Gasteiger partial charge in [-0.3, -0.25) is 0 Å². The van der Waals surface area contributed by atoms with Crippen molar-refractivity contribution in [3.63, 3.8) is 0 Å². The van der Waals surface area contributed by atoms with Gasteiger partial charge in [0.05, 0.1) is 6.61 Å². The fourth-order valence-electron chi connectivity index (χ4n) is 1.13. The first-order valence-corrected chi connectivity index (χ1v) is 5.96. The van der Waals surface area contributed by atoms with E-state index in [-0.39, 0.29) is 12.4 Å². The molecule has 15 heavy (non-hydrogen) atoms. The predicted octanol–water partition coefficient (Wildman–Crippen LogP) is 2.93. The average Bonchev–Trinajstić information content (AvgIpc) is 2.73. The van der Waals surface area contributed by atoms with Gasteiger partial charge in [-0.15, -0.1) is 11.3 Å². The maximum Gasteiger partial charge on any atom is 0.154 e. The first-order valence-electron chi connectivity index (χ1n) is 4.26. The van der Waals surface area contributed by atoms with E-state index >= 15 is 0 Å². The summed E-state index contributed by atoms with van der Waals surface area (Å²) in [4.78, 5) is 4.96. The molecule has 0 saturated carbocycles. The summed E-state index contributed by atoms with van der Waals surface area (Å²) in [6.07, 6.45) is 1.72. The molecular formula is C10H8FNOS2. The minimum absolute atomic E-state index is 0.161. The Labute approximate surface area is 94.8 Å². The lowest BCUT2D eigenvalue weighted by Crippen LogP contribution is -1.88. The standard InChI is InChI=1S/C10H8FNOS2/c11-8-1-2-9(7(5-8)6-13)15-10-12-3-4-14-10/h1-5,13H,6H2. The van der Waals surface area contributed by atoms with Gasteiger partial charge in [-0.05, 0) is 23.8 Å². The lowest BCUT2D eigenvalue weighted by Gasteiger charge is -2.04. The summed E-state index contributed by atoms with van der Waals surface area (Å²) < 4.78 is 13.8. The number of aliphatic hydroxyl groups is 1. The molecule has 0 bridgehead atoms. The number of aromatic nitrogens is 1. The first kappa shape index (κ1) is 10.6. The van der Waals surface area contributed by atoms with Crippen LogP contribution in [0, 0.1) is 5.82 Å². The van der Waals surface area contributed by atoms with Crippen LogP contribution in [0.25, 0.3) is 0 Å². The van der Waals surface area contributed by atoms with Crippen LogP contribution in [-0.4, -0.2) is 10.1 Å². The summed E-state index contributed by atoms with van der Waals surface area (Å²) in [6, 6.07) is 4.39. The van der Waals surface area contributed by atoms with Gasteiger partial charge >= 0.3 is 0 Å². The molecule has 2 rings (SSSR count). The zero-order valence-electron chi connectivity index (χ0n) is 7.68. The molecule has 2 aromatic rings. The second-order valence-electron chi connectivity index (χ2n) is 2.81. The molecule has 0 amide bonds. The summed E-state index contributed by atoms with van der Waals surface area (Å²) in [5.41, 5.74) is 0.593. The van der Waals surface area contributed by atoms with E-state index in [0.29, 0.717) is 5.56 Å². The van der Waals surface area contributed by atoms with Crippen LogP contribution >= 0.6 is 23.1 Å². The van der Waals surface area contributed by atoms with Crippen molar-refractivity contribution in [2.45, 2.75) is 15.8 Å². The highest BCUT2D eigenvalue weighted by Crippen LogP contribution is 2.32. The van der Waals surface area contributed by atoms with Crippen LogP contribution in [0.3, 0.4) is 0 Å². The normalized spacial score (nSPS) is 10.5. The number of nitrogens with zero attached hydrogens (tertiary/aromatic N) is 1. The van der Waals surface area contributed by atoms with Gasteiger partial charge in [0.2, 0.25) is 0 Å². The molecule has 0 unspecified atom stereocenters. The van der Waals surface area contributed by atoms with Crippen molar-refractivity contribution < 1.29 is 9.50 Å². The Morgan fingerprint density at radius 3 is 3.00 bits per heavy atom. The van der Waals surface area contributed by atoms with Crippen LogP contribution < -0.4 is 0 Å². The van der Waals surface area contributed by atoms with Crippen molar-refractivity contribution in [1.29, 1.82) is 0 Å². The number of thiazole rings is 1. The molecule has 1 heterocycles. The fraction of sp³-hybridized carbons (Fsp3) is 0.100. The van der Waals surface area contributed by atoms with E-state index in [0.717, 1.165) is 9.24 Å². The predicted molar refractivity (Wildman–Crippen MR) is 58.6 cm³/mol. The van der Waals surface area contributed by atoms with Crippen molar-refractivity contribution in [2.75, 3.05) is 0 Å². The molecular weight excluding hydrogens is 233 g/mol. The Morgan fingerprint density at radius 2 is 2.33 bits per heavy atom. The molecule has 2 nitrogen and oxygen atoms in total. The molecule has 0 aliphatic carbocycles. The molecule has 0 aliphatic rings. The number of rotatable bonds is 3. The molecule has 0 aliphatic heterocycles. The molecule has 1 aromatic carbocycles. The SMILES string of the molecule is OCc1cc(F)ccc1Sc1nccs1. The smallest absolute Gasteiger partial charge is 0.154 e. The first-order chi connectivity index (χ1) is 7.29. The summed E-state index contributed by atoms with van der Waals surface area (Å²) in [5.74, 6) is -0.331. The van der Waals surface area contributed by atoms with Gasteiger partial charge in [-0.2, -0.15) is 0 Å². The highest BCUT2D eigenvalue weighted by molar-refractivity contribution is 8.01. The Kier molecular flexibility index (Phi) is 3.35. The monoisotopic (exact) mass is 241 g/mol. The van der Waals surface area contributed by atoms with Crippen LogP contribution in [0.1, 0.15) is 5.56 Å². The van der Waals surface area contributed by atoms with E-state index < -0.39 is 0 Å². The maximum atomic E-state index is 12.9. The number of halogens is 1. The summed E-state index contributed by atoms with van der Waals surface area (Å²) in [7, 11) is 0. The number of hydrogen-bond donors (Lipinski definition) is 1. The molecule has 0 radical (unpaired) electrons. The van der Waals surface area contributed by atoms with Crippen molar-refractivity contribution in [2.24, 2.45) is 0 Å². The van der Waals surface area contributed by atoms with E-state index in [2.05, 4.69) is 4.98 Å². The average molecular weight is 241 g/mol. The molecule has 0 saturated heterocycles. The molecule has 78 valence electrons. The zero-order chi connectivity index (χ0) is 10.7. The van der Waals surface area contributed by atoms with E-state index in [1.54, 1.807) is 12.3 Å². The van der Waals surface area contributed by atoms with E-state index in [1.165, 1.54) is 35.2 Å². The van der Waals surface area contributed by atoms with E-state index in [1.807, 2.05) is 5.38 Å². The zero-order valence-corrected chi connectivity index (χ0v) is 9.32. The quantitative estimate of drug-likeness (QED) is 0.897. The van der Waals surface area contributed by atoms with Crippen molar-refractivity contribution in [1.82, 2.24) is 4.98 Å². The van der Waals surface area contributed by atoms with Crippen LogP contribution in [0.4, 0.5) is 4.39 Å². The van der Waals surface area contributed by atoms with E-state index in [9.17, 15) is 4.39 Å². The van der Waals surface area contributed by atoms with Gasteiger partial charge < -0.3 is 5.11 Å². The van der Waals surface area contributed by atoms with Gasteiger partial charge in [-0.1, -0.05) is 11.8 Å².